The highest BCUT2D eigenvalue weighted by molar-refractivity contribution is 6.02. The van der Waals surface area contributed by atoms with Crippen LogP contribution in [0.25, 0.3) is 11.4 Å². The van der Waals surface area contributed by atoms with E-state index in [2.05, 4.69) is 55.7 Å². The minimum absolute atomic E-state index is 0.00505. The van der Waals surface area contributed by atoms with Gasteiger partial charge in [0.2, 0.25) is 0 Å². The molecule has 30 heavy (non-hydrogen) atoms. The van der Waals surface area contributed by atoms with Crippen LogP contribution in [0.15, 0.2) is 35.9 Å². The second-order valence-corrected chi connectivity index (χ2v) is 9.86. The van der Waals surface area contributed by atoms with E-state index in [0.29, 0.717) is 17.5 Å². The molecule has 5 rings (SSSR count). The number of allylic oxidation sites excluding steroid dienone is 2. The molecule has 3 aliphatic rings. The molecule has 1 heterocycles. The molecule has 0 N–H and O–H groups in total. The van der Waals surface area contributed by atoms with Crippen molar-refractivity contribution in [3.63, 3.8) is 0 Å². The average molecular weight is 400 g/mol. The summed E-state index contributed by atoms with van der Waals surface area (Å²) in [5.41, 5.74) is 4.83. The molecule has 1 saturated carbocycles. The van der Waals surface area contributed by atoms with E-state index in [1.54, 1.807) is 0 Å². The predicted octanol–water partition coefficient (Wildman–Crippen LogP) is 5.50. The van der Waals surface area contributed by atoms with Crippen molar-refractivity contribution in [1.29, 1.82) is 5.26 Å². The number of nitriles is 1. The summed E-state index contributed by atoms with van der Waals surface area (Å²) in [6.45, 7) is 8.60. The Kier molecular flexibility index (Phi) is 4.29. The predicted molar refractivity (Wildman–Crippen MR) is 117 cm³/mol. The van der Waals surface area contributed by atoms with Crippen molar-refractivity contribution < 1.29 is 4.79 Å². The third-order valence-electron chi connectivity index (χ3n) is 7.58. The number of Topliss-reactive ketones (excluding diaryl/α,β-unsaturated/α-hetero) is 1. The van der Waals surface area contributed by atoms with Crippen LogP contribution in [0.5, 0.6) is 0 Å². The Balaban J connectivity index is 1.69. The van der Waals surface area contributed by atoms with Gasteiger partial charge in [-0.2, -0.15) is 5.26 Å². The minimum Gasteiger partial charge on any atom is -0.325 e. The molecule has 0 spiro atoms. The third kappa shape index (κ3) is 2.71. The zero-order chi connectivity index (χ0) is 21.2. The molecular formula is C26H29N3O. The van der Waals surface area contributed by atoms with Gasteiger partial charge >= 0.3 is 0 Å². The van der Waals surface area contributed by atoms with Crippen molar-refractivity contribution in [2.75, 3.05) is 0 Å². The lowest BCUT2D eigenvalue weighted by atomic mass is 9.58. The quantitative estimate of drug-likeness (QED) is 0.685. The summed E-state index contributed by atoms with van der Waals surface area (Å²) in [7, 11) is 0. The standard InChI is InChI=1S/C26H29N3O/c1-15(2)17-5-7-18(8-6-17)25-28-24-22(29(25)20-9-10-20)12-11-21-16(3)23(30)19(14-27)13-26(21,24)4/h5-8,13,15-16,20-21H,9-12H2,1-4H3/t16?,21?,26-/m1/s1. The van der Waals surface area contributed by atoms with Crippen molar-refractivity contribution in [1.82, 2.24) is 9.55 Å². The fourth-order valence-electron chi connectivity index (χ4n) is 5.68. The van der Waals surface area contributed by atoms with Gasteiger partial charge in [-0.3, -0.25) is 4.79 Å². The molecule has 1 fully saturated rings. The lowest BCUT2D eigenvalue weighted by Gasteiger charge is -2.44. The summed E-state index contributed by atoms with van der Waals surface area (Å²) in [6, 6.07) is 11.5. The number of carbonyl (C=O) groups excluding carboxylic acids is 1. The molecule has 0 radical (unpaired) electrons. The van der Waals surface area contributed by atoms with Crippen LogP contribution in [0.3, 0.4) is 0 Å². The van der Waals surface area contributed by atoms with Crippen LogP contribution in [0, 0.1) is 23.2 Å². The second-order valence-electron chi connectivity index (χ2n) is 9.86. The van der Waals surface area contributed by atoms with Crippen LogP contribution in [0.1, 0.15) is 75.9 Å². The van der Waals surface area contributed by atoms with Crippen LogP contribution in [-0.2, 0) is 16.6 Å². The maximum absolute atomic E-state index is 12.6. The monoisotopic (exact) mass is 399 g/mol. The van der Waals surface area contributed by atoms with Gasteiger partial charge in [0.05, 0.1) is 11.3 Å². The molecule has 0 saturated heterocycles. The van der Waals surface area contributed by atoms with Gasteiger partial charge in [0.25, 0.3) is 0 Å². The van der Waals surface area contributed by atoms with Gasteiger partial charge in [-0.25, -0.2) is 4.98 Å². The van der Waals surface area contributed by atoms with E-state index < -0.39 is 0 Å². The van der Waals surface area contributed by atoms with Crippen molar-refractivity contribution >= 4 is 5.78 Å². The van der Waals surface area contributed by atoms with Gasteiger partial charge in [-0.05, 0) is 43.1 Å². The highest BCUT2D eigenvalue weighted by atomic mass is 16.1. The summed E-state index contributed by atoms with van der Waals surface area (Å²) >= 11 is 0. The number of nitrogens with zero attached hydrogens (tertiary/aromatic N) is 3. The van der Waals surface area contributed by atoms with Crippen molar-refractivity contribution in [3.8, 4) is 17.5 Å². The first kappa shape index (κ1) is 19.3. The number of ketones is 1. The summed E-state index contributed by atoms with van der Waals surface area (Å²) in [4.78, 5) is 17.9. The van der Waals surface area contributed by atoms with Gasteiger partial charge in [0.15, 0.2) is 5.78 Å². The van der Waals surface area contributed by atoms with E-state index >= 15 is 0 Å². The smallest absolute Gasteiger partial charge is 0.176 e. The van der Waals surface area contributed by atoms with Gasteiger partial charge in [0.1, 0.15) is 11.9 Å². The van der Waals surface area contributed by atoms with E-state index in [1.807, 2.05) is 13.0 Å². The van der Waals surface area contributed by atoms with Crippen LogP contribution in [-0.4, -0.2) is 15.3 Å². The van der Waals surface area contributed by atoms with Crippen LogP contribution in [0.2, 0.25) is 0 Å². The number of hydrogen-bond acceptors (Lipinski definition) is 3. The lowest BCUT2D eigenvalue weighted by molar-refractivity contribution is -0.121. The topological polar surface area (TPSA) is 58.7 Å². The van der Waals surface area contributed by atoms with Crippen LogP contribution < -0.4 is 0 Å². The number of fused-ring (bicyclic) bond motifs is 3. The van der Waals surface area contributed by atoms with E-state index in [4.69, 9.17) is 4.98 Å². The van der Waals surface area contributed by atoms with Gasteiger partial charge < -0.3 is 4.57 Å². The van der Waals surface area contributed by atoms with Crippen molar-refractivity contribution in [3.05, 3.63) is 52.9 Å². The Morgan fingerprint density at radius 3 is 2.50 bits per heavy atom. The highest BCUT2D eigenvalue weighted by Crippen LogP contribution is 2.52. The molecule has 4 heteroatoms. The Morgan fingerprint density at radius 1 is 1.20 bits per heavy atom. The van der Waals surface area contributed by atoms with Gasteiger partial charge in [-0.15, -0.1) is 0 Å². The Morgan fingerprint density at radius 2 is 1.90 bits per heavy atom. The number of rotatable bonds is 3. The first-order valence-electron chi connectivity index (χ1n) is 11.2. The fourth-order valence-corrected chi connectivity index (χ4v) is 5.68. The molecule has 0 aliphatic heterocycles. The van der Waals surface area contributed by atoms with E-state index in [9.17, 15) is 10.1 Å². The molecule has 2 unspecified atom stereocenters. The molecule has 1 aromatic carbocycles. The molecule has 1 aromatic heterocycles. The van der Waals surface area contributed by atoms with E-state index in [1.165, 1.54) is 24.1 Å². The zero-order valence-electron chi connectivity index (χ0n) is 18.3. The van der Waals surface area contributed by atoms with Crippen LogP contribution >= 0.6 is 0 Å². The number of carbonyl (C=O) groups is 1. The molecule has 154 valence electrons. The third-order valence-corrected chi connectivity index (χ3v) is 7.58. The first-order chi connectivity index (χ1) is 14.3. The molecule has 3 atom stereocenters. The number of hydrogen-bond donors (Lipinski definition) is 0. The summed E-state index contributed by atoms with van der Waals surface area (Å²) in [6.07, 6.45) is 6.25. The molecule has 0 bridgehead atoms. The SMILES string of the molecule is CC(C)c1ccc(-c2nc3c(n2C2CC2)CCC2C(C)C(=O)C(C#N)=C[C@@]32C)cc1. The van der Waals surface area contributed by atoms with Crippen molar-refractivity contribution in [2.24, 2.45) is 11.8 Å². The second kappa shape index (κ2) is 6.67. The molecule has 3 aliphatic carbocycles. The largest absolute Gasteiger partial charge is 0.325 e. The molecular weight excluding hydrogens is 370 g/mol. The average Bonchev–Trinajstić information content (AvgIpc) is 3.50. The van der Waals surface area contributed by atoms with E-state index in [-0.39, 0.29) is 23.0 Å². The maximum atomic E-state index is 12.6. The lowest BCUT2D eigenvalue weighted by Crippen LogP contribution is -2.45. The molecule has 4 nitrogen and oxygen atoms in total. The minimum atomic E-state index is -0.362. The zero-order valence-corrected chi connectivity index (χ0v) is 18.3. The Labute approximate surface area is 178 Å². The first-order valence-corrected chi connectivity index (χ1v) is 11.2. The molecule has 0 amide bonds. The van der Waals surface area contributed by atoms with E-state index in [0.717, 1.165) is 29.9 Å². The fraction of sp³-hybridized carbons (Fsp3) is 0.500. The number of benzene rings is 1. The summed E-state index contributed by atoms with van der Waals surface area (Å²) < 4.78 is 2.47. The number of aromatic nitrogens is 2. The molecule has 2 aromatic rings. The van der Waals surface area contributed by atoms with Gasteiger partial charge in [-0.1, -0.05) is 58.0 Å². The maximum Gasteiger partial charge on any atom is 0.176 e. The summed E-state index contributed by atoms with van der Waals surface area (Å²) in [5.74, 6) is 1.62. The summed E-state index contributed by atoms with van der Waals surface area (Å²) in [5, 5.41) is 9.57. The van der Waals surface area contributed by atoms with Crippen molar-refractivity contribution in [2.45, 2.75) is 70.8 Å². The van der Waals surface area contributed by atoms with Gasteiger partial charge in [0, 0.05) is 28.6 Å². The normalized spacial score (nSPS) is 28.0. The number of imidazole rings is 1. The highest BCUT2D eigenvalue weighted by Gasteiger charge is 2.51. The Bertz CT molecular complexity index is 1090. The Hall–Kier alpha value is -2.67. The van der Waals surface area contributed by atoms with Crippen LogP contribution in [0.4, 0.5) is 0 Å².